The van der Waals surface area contributed by atoms with E-state index in [1.54, 1.807) is 18.5 Å². The van der Waals surface area contributed by atoms with Gasteiger partial charge in [-0.05, 0) is 81.2 Å². The molecule has 4 aromatic heterocycles. The average Bonchev–Trinajstić information content (AvgIpc) is 3.52. The summed E-state index contributed by atoms with van der Waals surface area (Å²) in [4.78, 5) is 15.1. The molecule has 5 aromatic rings. The van der Waals surface area contributed by atoms with E-state index >= 15 is 0 Å². The van der Waals surface area contributed by atoms with Crippen LogP contribution in [0.2, 0.25) is 0 Å². The van der Waals surface area contributed by atoms with Crippen LogP contribution in [-0.2, 0) is 38.8 Å². The molecular formula is C35H34F6N6Pt. The molecule has 13 heteroatoms. The monoisotopic (exact) mass is 847 g/mol. The molecule has 0 aliphatic rings. The van der Waals surface area contributed by atoms with Gasteiger partial charge in [0, 0.05) is 18.1 Å². The first kappa shape index (κ1) is 38.5. The van der Waals surface area contributed by atoms with Crippen LogP contribution in [0.3, 0.4) is 0 Å². The molecule has 0 saturated carbocycles. The molecule has 0 bridgehead atoms. The van der Waals surface area contributed by atoms with E-state index in [1.165, 1.54) is 11.1 Å². The molecule has 4 heterocycles. The van der Waals surface area contributed by atoms with Gasteiger partial charge in [0.1, 0.15) is 11.5 Å². The number of rotatable bonds is 5. The summed E-state index contributed by atoms with van der Waals surface area (Å²) in [7, 11) is 0. The molecule has 1 aromatic carbocycles. The zero-order valence-corrected chi connectivity index (χ0v) is 29.5. The van der Waals surface area contributed by atoms with Gasteiger partial charge in [0.2, 0.25) is 0 Å². The van der Waals surface area contributed by atoms with Crippen molar-refractivity contribution in [1.29, 1.82) is 0 Å². The first-order chi connectivity index (χ1) is 21.9. The number of hydrogen-bond donors (Lipinski definition) is 0. The second-order valence-corrected chi connectivity index (χ2v) is 12.6. The molecule has 0 aliphatic heterocycles. The maximum absolute atomic E-state index is 12.7. The molecule has 0 aliphatic carbocycles. The molecule has 48 heavy (non-hydrogen) atoms. The van der Waals surface area contributed by atoms with Crippen LogP contribution < -0.4 is 5.10 Å². The van der Waals surface area contributed by atoms with Crippen molar-refractivity contribution in [2.24, 2.45) is 0 Å². The maximum Gasteiger partial charge on any atom is 2.00 e. The first-order valence-corrected chi connectivity index (χ1v) is 14.8. The Kier molecular flexibility index (Phi) is 12.1. The van der Waals surface area contributed by atoms with E-state index in [0.29, 0.717) is 28.8 Å². The number of alkyl halides is 6. The van der Waals surface area contributed by atoms with Crippen LogP contribution in [-0.4, -0.2) is 25.0 Å². The zero-order valence-electron chi connectivity index (χ0n) is 27.3. The third kappa shape index (κ3) is 9.36. The number of hydrogen-bond acceptors (Lipinski definition) is 5. The molecule has 6 nitrogen and oxygen atoms in total. The second kappa shape index (κ2) is 15.1. The summed E-state index contributed by atoms with van der Waals surface area (Å²) >= 11 is 0. The molecule has 0 radical (unpaired) electrons. The van der Waals surface area contributed by atoms with E-state index in [9.17, 15) is 26.3 Å². The zero-order chi connectivity index (χ0) is 34.7. The van der Waals surface area contributed by atoms with Gasteiger partial charge in [0.05, 0.1) is 0 Å². The summed E-state index contributed by atoms with van der Waals surface area (Å²) in [6, 6.07) is 14.5. The van der Waals surface area contributed by atoms with Crippen molar-refractivity contribution in [2.45, 2.75) is 78.1 Å². The van der Waals surface area contributed by atoms with E-state index in [2.05, 4.69) is 82.2 Å². The van der Waals surface area contributed by atoms with Crippen LogP contribution >= 0.6 is 0 Å². The van der Waals surface area contributed by atoms with Gasteiger partial charge < -0.3 is 25.1 Å². The Balaban J connectivity index is 0.000000274. The fourth-order valence-corrected chi connectivity index (χ4v) is 4.77. The van der Waals surface area contributed by atoms with Crippen LogP contribution in [0.1, 0.15) is 88.5 Å². The quantitative estimate of drug-likeness (QED) is 0.130. The van der Waals surface area contributed by atoms with Crippen molar-refractivity contribution in [3.05, 3.63) is 102 Å². The number of halogens is 6. The number of pyridine rings is 2. The summed E-state index contributed by atoms with van der Waals surface area (Å²) in [5, 5.41) is 6.68. The van der Waals surface area contributed by atoms with Gasteiger partial charge >= 0.3 is 33.4 Å². The normalized spacial score (nSPS) is 12.1. The van der Waals surface area contributed by atoms with Crippen LogP contribution in [0.25, 0.3) is 33.8 Å². The molecule has 0 saturated heterocycles. The van der Waals surface area contributed by atoms with Crippen molar-refractivity contribution in [2.75, 3.05) is 0 Å². The minimum Gasteiger partial charge on any atom is -0.573 e. The number of aromatic nitrogens is 6. The Morgan fingerprint density at radius 1 is 0.729 bits per heavy atom. The topological polar surface area (TPSA) is 78.5 Å². The second-order valence-electron chi connectivity index (χ2n) is 12.6. The molecule has 0 atom stereocenters. The van der Waals surface area contributed by atoms with Crippen LogP contribution in [0.5, 0.6) is 0 Å². The van der Waals surface area contributed by atoms with Gasteiger partial charge in [-0.25, -0.2) is 0 Å². The van der Waals surface area contributed by atoms with Crippen molar-refractivity contribution in [1.82, 2.24) is 30.1 Å². The van der Waals surface area contributed by atoms with Gasteiger partial charge in [-0.15, -0.1) is 0 Å². The largest absolute Gasteiger partial charge is 2.00 e. The molecule has 0 fully saturated rings. The van der Waals surface area contributed by atoms with Crippen molar-refractivity contribution >= 4 is 0 Å². The van der Waals surface area contributed by atoms with E-state index in [0.717, 1.165) is 29.0 Å². The molecule has 0 spiro atoms. The first-order valence-electron chi connectivity index (χ1n) is 14.8. The van der Waals surface area contributed by atoms with E-state index in [1.807, 2.05) is 39.0 Å². The van der Waals surface area contributed by atoms with Gasteiger partial charge in [-0.3, -0.25) is 4.98 Å². The van der Waals surface area contributed by atoms with E-state index in [-0.39, 0.29) is 32.2 Å². The van der Waals surface area contributed by atoms with Gasteiger partial charge in [-0.1, -0.05) is 90.2 Å². The van der Waals surface area contributed by atoms with Crippen molar-refractivity contribution in [3.63, 3.8) is 0 Å². The minimum atomic E-state index is -4.59. The Morgan fingerprint density at radius 3 is 1.83 bits per heavy atom. The predicted octanol–water partition coefficient (Wildman–Crippen LogP) is 9.69. The Hall–Kier alpha value is -3.92. The Morgan fingerprint density at radius 2 is 1.33 bits per heavy atom. The molecule has 0 N–H and O–H groups in total. The van der Waals surface area contributed by atoms with E-state index < -0.39 is 23.9 Å². The Bertz CT molecular complexity index is 1780. The minimum absolute atomic E-state index is 0. The summed E-state index contributed by atoms with van der Waals surface area (Å²) in [5.41, 5.74) is 5.77. The molecule has 5 rings (SSSR count). The molecule has 0 amide bonds. The van der Waals surface area contributed by atoms with Gasteiger partial charge in [0.15, 0.2) is 0 Å². The smallest absolute Gasteiger partial charge is 0.573 e. The molecule has 256 valence electrons. The summed E-state index contributed by atoms with van der Waals surface area (Å²) in [6.45, 7) is 14.6. The van der Waals surface area contributed by atoms with Crippen LogP contribution in [0.15, 0.2) is 67.1 Å². The fourth-order valence-electron chi connectivity index (χ4n) is 4.77. The maximum atomic E-state index is 12.7. The fraction of sp³-hybridized carbons (Fsp3) is 0.343. The Labute approximate surface area is 290 Å². The van der Waals surface area contributed by atoms with Crippen LogP contribution in [0.4, 0.5) is 26.3 Å². The SMILES string of the molecule is CC(C)(C)c1ccnc(-c2cc(C(F)(F)F)n[n-]2)c1.CC(C)c1cccc(C(C)C)c1-c1ccnc(-c2[c-]nc(C(F)(F)F)nc2)c1.[Pt+2]. The standard InChI is InChI=1S/C22H21F3N3.C13H13F3N3.Pt/c1-13(2)17-6-5-7-18(14(3)4)20(17)15-8-9-26-19(10-15)16-11-27-21(28-12-16)22(23,24)25;1-12(2,3)8-4-5-17-9(6-8)10-7-11(19-18-10)13(14,15)16;/h5-11,13-14H,1-4H3;4-7H,1-3H3;/q2*-1;+2. The number of nitrogens with zero attached hydrogens (tertiary/aromatic N) is 6. The predicted molar refractivity (Wildman–Crippen MR) is 167 cm³/mol. The average molecular weight is 848 g/mol. The van der Waals surface area contributed by atoms with Gasteiger partial charge in [-0.2, -0.15) is 26.3 Å². The van der Waals surface area contributed by atoms with Crippen molar-refractivity contribution < 1.29 is 47.4 Å². The summed E-state index contributed by atoms with van der Waals surface area (Å²) in [5.74, 6) is -0.558. The van der Waals surface area contributed by atoms with Crippen molar-refractivity contribution in [3.8, 4) is 33.8 Å². The molecular weight excluding hydrogens is 813 g/mol. The van der Waals surface area contributed by atoms with E-state index in [4.69, 9.17) is 0 Å². The van der Waals surface area contributed by atoms with Crippen LogP contribution in [0, 0.1) is 6.20 Å². The summed E-state index contributed by atoms with van der Waals surface area (Å²) in [6.07, 6.45) is -2.32. The third-order valence-electron chi connectivity index (χ3n) is 7.27. The van der Waals surface area contributed by atoms with Gasteiger partial charge in [0.25, 0.3) is 0 Å². The summed E-state index contributed by atoms with van der Waals surface area (Å²) < 4.78 is 75.4. The third-order valence-corrected chi connectivity index (χ3v) is 7.27. The number of benzene rings is 1. The molecule has 0 unspecified atom stereocenters.